The number of carbonyl (C=O) groups excluding carboxylic acids is 2. The van der Waals surface area contributed by atoms with E-state index in [9.17, 15) is 9.59 Å². The third-order valence-electron chi connectivity index (χ3n) is 3.74. The fourth-order valence-electron chi connectivity index (χ4n) is 2.37. The second kappa shape index (κ2) is 7.98. The number of rotatable bonds is 5. The SMILES string of the molecule is Cc1ccc(N=C2NC(=O)C(CC(=O)NCc3ccccc3)S2)cc1. The quantitative estimate of drug-likeness (QED) is 0.868. The van der Waals surface area contributed by atoms with Gasteiger partial charge in [0.2, 0.25) is 11.8 Å². The highest BCUT2D eigenvalue weighted by Crippen LogP contribution is 2.25. The van der Waals surface area contributed by atoms with Gasteiger partial charge in [0.25, 0.3) is 0 Å². The summed E-state index contributed by atoms with van der Waals surface area (Å²) in [7, 11) is 0. The number of nitrogens with one attached hydrogen (secondary N) is 2. The first-order valence-corrected chi connectivity index (χ1v) is 8.91. The first kappa shape index (κ1) is 17.2. The van der Waals surface area contributed by atoms with E-state index in [2.05, 4.69) is 15.6 Å². The van der Waals surface area contributed by atoms with Crippen molar-refractivity contribution < 1.29 is 9.59 Å². The van der Waals surface area contributed by atoms with Crippen molar-refractivity contribution >= 4 is 34.4 Å². The Morgan fingerprint density at radius 2 is 1.88 bits per heavy atom. The summed E-state index contributed by atoms with van der Waals surface area (Å²) in [5, 5.41) is 5.68. The Kier molecular flexibility index (Phi) is 5.50. The maximum Gasteiger partial charge on any atom is 0.240 e. The van der Waals surface area contributed by atoms with E-state index in [1.807, 2.05) is 61.5 Å². The molecule has 1 aliphatic rings. The van der Waals surface area contributed by atoms with Crippen LogP contribution in [0.15, 0.2) is 59.6 Å². The lowest BCUT2D eigenvalue weighted by Crippen LogP contribution is -2.31. The standard InChI is InChI=1S/C19H19N3O2S/c1-13-7-9-15(10-8-13)21-19-22-18(24)16(25-19)11-17(23)20-12-14-5-3-2-4-6-14/h2-10,16H,11-12H2,1H3,(H,20,23)(H,21,22,24). The molecule has 1 heterocycles. The molecule has 25 heavy (non-hydrogen) atoms. The Hall–Kier alpha value is -2.60. The first-order chi connectivity index (χ1) is 12.1. The molecule has 5 nitrogen and oxygen atoms in total. The monoisotopic (exact) mass is 353 g/mol. The summed E-state index contributed by atoms with van der Waals surface area (Å²) in [4.78, 5) is 28.5. The normalized spacial score (nSPS) is 18.2. The van der Waals surface area contributed by atoms with Crippen molar-refractivity contribution in [3.63, 3.8) is 0 Å². The summed E-state index contributed by atoms with van der Waals surface area (Å²) in [6.07, 6.45) is 0.135. The summed E-state index contributed by atoms with van der Waals surface area (Å²) in [5.41, 5.74) is 2.96. The first-order valence-electron chi connectivity index (χ1n) is 8.03. The van der Waals surface area contributed by atoms with Crippen LogP contribution in [0.5, 0.6) is 0 Å². The van der Waals surface area contributed by atoms with Crippen molar-refractivity contribution in [2.24, 2.45) is 4.99 Å². The third kappa shape index (κ3) is 4.93. The average molecular weight is 353 g/mol. The second-order valence-corrected chi connectivity index (χ2v) is 7.01. The van der Waals surface area contributed by atoms with Crippen molar-refractivity contribution in [1.82, 2.24) is 10.6 Å². The predicted octanol–water partition coefficient (Wildman–Crippen LogP) is 2.92. The zero-order valence-electron chi connectivity index (χ0n) is 13.9. The number of aliphatic imine (C=N–C) groups is 1. The summed E-state index contributed by atoms with van der Waals surface area (Å²) in [6.45, 7) is 2.47. The van der Waals surface area contributed by atoms with Crippen LogP contribution in [0.4, 0.5) is 5.69 Å². The van der Waals surface area contributed by atoms with E-state index in [-0.39, 0.29) is 18.2 Å². The van der Waals surface area contributed by atoms with Gasteiger partial charge in [0.1, 0.15) is 5.25 Å². The predicted molar refractivity (Wildman–Crippen MR) is 101 cm³/mol. The van der Waals surface area contributed by atoms with E-state index >= 15 is 0 Å². The Balaban J connectivity index is 1.54. The van der Waals surface area contributed by atoms with Crippen molar-refractivity contribution in [3.8, 4) is 0 Å². The molecular weight excluding hydrogens is 334 g/mol. The zero-order chi connectivity index (χ0) is 17.6. The van der Waals surface area contributed by atoms with Crippen LogP contribution in [0, 0.1) is 6.92 Å². The van der Waals surface area contributed by atoms with Crippen LogP contribution in [0.25, 0.3) is 0 Å². The van der Waals surface area contributed by atoms with Crippen LogP contribution in [-0.2, 0) is 16.1 Å². The molecule has 128 valence electrons. The Labute approximate surface area is 150 Å². The van der Waals surface area contributed by atoms with E-state index in [0.717, 1.165) is 16.8 Å². The fraction of sp³-hybridized carbons (Fsp3) is 0.211. The Morgan fingerprint density at radius 1 is 1.16 bits per heavy atom. The van der Waals surface area contributed by atoms with Crippen molar-refractivity contribution in [3.05, 3.63) is 65.7 Å². The number of benzene rings is 2. The molecule has 3 rings (SSSR count). The number of nitrogens with zero attached hydrogens (tertiary/aromatic N) is 1. The lowest BCUT2D eigenvalue weighted by molar-refractivity contribution is -0.125. The molecule has 0 bridgehead atoms. The van der Waals surface area contributed by atoms with Gasteiger partial charge < -0.3 is 10.6 Å². The minimum atomic E-state index is -0.444. The largest absolute Gasteiger partial charge is 0.352 e. The van der Waals surface area contributed by atoms with Gasteiger partial charge in [0.15, 0.2) is 5.17 Å². The molecule has 1 unspecified atom stereocenters. The maximum absolute atomic E-state index is 12.1. The molecule has 2 N–H and O–H groups in total. The molecule has 0 aliphatic carbocycles. The van der Waals surface area contributed by atoms with Gasteiger partial charge in [-0.3, -0.25) is 9.59 Å². The highest BCUT2D eigenvalue weighted by Gasteiger charge is 2.32. The van der Waals surface area contributed by atoms with Gasteiger partial charge in [-0.1, -0.05) is 59.8 Å². The number of carbonyl (C=O) groups is 2. The molecule has 1 saturated heterocycles. The van der Waals surface area contributed by atoms with Gasteiger partial charge in [0.05, 0.1) is 5.69 Å². The number of thioether (sulfide) groups is 1. The molecule has 2 amide bonds. The van der Waals surface area contributed by atoms with Gasteiger partial charge in [-0.05, 0) is 24.6 Å². The molecule has 2 aromatic rings. The molecule has 1 atom stereocenters. The molecule has 0 saturated carbocycles. The molecule has 0 spiro atoms. The number of amidine groups is 1. The van der Waals surface area contributed by atoms with Gasteiger partial charge in [-0.25, -0.2) is 4.99 Å². The topological polar surface area (TPSA) is 70.6 Å². The minimum Gasteiger partial charge on any atom is -0.352 e. The van der Waals surface area contributed by atoms with Crippen molar-refractivity contribution in [2.45, 2.75) is 25.1 Å². The number of amides is 2. The van der Waals surface area contributed by atoms with Gasteiger partial charge in [-0.15, -0.1) is 0 Å². The molecule has 6 heteroatoms. The summed E-state index contributed by atoms with van der Waals surface area (Å²) < 4.78 is 0. The van der Waals surface area contributed by atoms with Crippen LogP contribution in [0.2, 0.25) is 0 Å². The van der Waals surface area contributed by atoms with Gasteiger partial charge >= 0.3 is 0 Å². The summed E-state index contributed by atoms with van der Waals surface area (Å²) >= 11 is 1.30. The third-order valence-corrected chi connectivity index (χ3v) is 4.83. The molecule has 0 aromatic heterocycles. The highest BCUT2D eigenvalue weighted by molar-refractivity contribution is 8.15. The molecular formula is C19H19N3O2S. The van der Waals surface area contributed by atoms with Crippen molar-refractivity contribution in [2.75, 3.05) is 0 Å². The lowest BCUT2D eigenvalue weighted by atomic mass is 10.2. The van der Waals surface area contributed by atoms with Crippen LogP contribution in [0.3, 0.4) is 0 Å². The molecule has 1 fully saturated rings. The average Bonchev–Trinajstić information content (AvgIpc) is 2.95. The van der Waals surface area contributed by atoms with E-state index < -0.39 is 5.25 Å². The molecule has 2 aromatic carbocycles. The molecule has 0 radical (unpaired) electrons. The Morgan fingerprint density at radius 3 is 2.60 bits per heavy atom. The van der Waals surface area contributed by atoms with E-state index in [1.165, 1.54) is 11.8 Å². The summed E-state index contributed by atoms with van der Waals surface area (Å²) in [6, 6.07) is 17.4. The van der Waals surface area contributed by atoms with Gasteiger partial charge in [-0.2, -0.15) is 0 Å². The maximum atomic E-state index is 12.1. The van der Waals surface area contributed by atoms with E-state index in [0.29, 0.717) is 11.7 Å². The smallest absolute Gasteiger partial charge is 0.240 e. The Bertz CT molecular complexity index is 788. The fourth-order valence-corrected chi connectivity index (χ4v) is 3.35. The second-order valence-electron chi connectivity index (χ2n) is 5.81. The minimum absolute atomic E-state index is 0.135. The van der Waals surface area contributed by atoms with Crippen LogP contribution >= 0.6 is 11.8 Å². The van der Waals surface area contributed by atoms with Crippen molar-refractivity contribution in [1.29, 1.82) is 0 Å². The number of hydrogen-bond acceptors (Lipinski definition) is 4. The number of aryl methyl sites for hydroxylation is 1. The zero-order valence-corrected chi connectivity index (χ0v) is 14.7. The van der Waals surface area contributed by atoms with Crippen LogP contribution in [0.1, 0.15) is 17.5 Å². The van der Waals surface area contributed by atoms with Crippen LogP contribution < -0.4 is 10.6 Å². The molecule has 1 aliphatic heterocycles. The van der Waals surface area contributed by atoms with E-state index in [1.54, 1.807) is 0 Å². The van der Waals surface area contributed by atoms with Crippen LogP contribution in [-0.4, -0.2) is 22.2 Å². The lowest BCUT2D eigenvalue weighted by Gasteiger charge is -2.07. The number of hydrogen-bond donors (Lipinski definition) is 2. The van der Waals surface area contributed by atoms with Gasteiger partial charge in [0, 0.05) is 13.0 Å². The summed E-state index contributed by atoms with van der Waals surface area (Å²) in [5.74, 6) is -0.321. The highest BCUT2D eigenvalue weighted by atomic mass is 32.2. The van der Waals surface area contributed by atoms with E-state index in [4.69, 9.17) is 0 Å².